The highest BCUT2D eigenvalue weighted by molar-refractivity contribution is 5.85. The molecule has 128 valence electrons. The van der Waals surface area contributed by atoms with Crippen LogP contribution in [0, 0.1) is 13.8 Å². The van der Waals surface area contributed by atoms with Crippen LogP contribution in [-0.2, 0) is 9.53 Å². The first kappa shape index (κ1) is 17.8. The molecule has 0 bridgehead atoms. The van der Waals surface area contributed by atoms with Gasteiger partial charge in [0.1, 0.15) is 18.0 Å². The van der Waals surface area contributed by atoms with Gasteiger partial charge in [-0.15, -0.1) is 0 Å². The van der Waals surface area contributed by atoms with E-state index in [1.54, 1.807) is 7.11 Å². The van der Waals surface area contributed by atoms with E-state index in [0.29, 0.717) is 19.4 Å². The Morgan fingerprint density at radius 1 is 1.30 bits per heavy atom. The zero-order valence-electron chi connectivity index (χ0n) is 14.6. The lowest BCUT2D eigenvalue weighted by Crippen LogP contribution is -2.56. The molecule has 1 aliphatic rings. The van der Waals surface area contributed by atoms with E-state index < -0.39 is 5.60 Å². The number of carbonyl (C=O) groups excluding carboxylic acids is 1. The minimum Gasteiger partial charge on any atom is -0.491 e. The highest BCUT2D eigenvalue weighted by atomic mass is 16.5. The summed E-state index contributed by atoms with van der Waals surface area (Å²) in [5.41, 5.74) is 1.50. The maximum atomic E-state index is 12.6. The van der Waals surface area contributed by atoms with Crippen molar-refractivity contribution in [3.05, 3.63) is 29.3 Å². The number of piperidine rings is 1. The molecule has 2 N–H and O–H groups in total. The molecule has 1 amide bonds. The number of aryl methyl sites for hydroxylation is 2. The number of rotatable bonds is 6. The highest BCUT2D eigenvalue weighted by Crippen LogP contribution is 2.24. The maximum Gasteiger partial charge on any atom is 0.252 e. The number of amides is 1. The summed E-state index contributed by atoms with van der Waals surface area (Å²) in [6.07, 6.45) is 1.39. The summed E-state index contributed by atoms with van der Waals surface area (Å²) in [5, 5.41) is 6.29. The fraction of sp³-hybridized carbons (Fsp3) is 0.611. The monoisotopic (exact) mass is 320 g/mol. The summed E-state index contributed by atoms with van der Waals surface area (Å²) in [7, 11) is 1.61. The molecular weight excluding hydrogens is 292 g/mol. The number of nitrogens with one attached hydrogen (secondary N) is 2. The molecule has 0 radical (unpaired) electrons. The second-order valence-corrected chi connectivity index (χ2v) is 6.35. The third-order valence-corrected chi connectivity index (χ3v) is 4.48. The van der Waals surface area contributed by atoms with Gasteiger partial charge in [-0.25, -0.2) is 0 Å². The van der Waals surface area contributed by atoms with Gasteiger partial charge in [0.2, 0.25) is 0 Å². The number of benzene rings is 1. The van der Waals surface area contributed by atoms with Crippen LogP contribution in [0.2, 0.25) is 0 Å². The van der Waals surface area contributed by atoms with E-state index in [-0.39, 0.29) is 11.9 Å². The molecule has 1 aromatic rings. The van der Waals surface area contributed by atoms with Crippen LogP contribution >= 0.6 is 0 Å². The number of ether oxygens (including phenoxy) is 2. The fourth-order valence-electron chi connectivity index (χ4n) is 2.99. The first-order valence-corrected chi connectivity index (χ1v) is 8.24. The average Bonchev–Trinajstić information content (AvgIpc) is 2.55. The van der Waals surface area contributed by atoms with Crippen LogP contribution in [0.15, 0.2) is 18.2 Å². The molecule has 1 aliphatic heterocycles. The Hall–Kier alpha value is -1.59. The van der Waals surface area contributed by atoms with Gasteiger partial charge in [-0.1, -0.05) is 18.2 Å². The van der Waals surface area contributed by atoms with E-state index >= 15 is 0 Å². The van der Waals surface area contributed by atoms with Crippen molar-refractivity contribution in [2.75, 3.05) is 26.8 Å². The van der Waals surface area contributed by atoms with Crippen molar-refractivity contribution in [2.45, 2.75) is 45.3 Å². The van der Waals surface area contributed by atoms with Gasteiger partial charge >= 0.3 is 0 Å². The standard InChI is InChI=1S/C18H28N2O3/c1-13-6-5-7-14(2)16(13)23-12-15(3)20-17(21)18(22-4)8-10-19-11-9-18/h5-7,15,19H,8-12H2,1-4H3,(H,20,21). The Kier molecular flexibility index (Phi) is 6.02. The van der Waals surface area contributed by atoms with Crippen LogP contribution in [0.4, 0.5) is 0 Å². The molecule has 0 aromatic heterocycles. The SMILES string of the molecule is COC1(C(=O)NC(C)COc2c(C)cccc2C)CCNCC1. The first-order valence-electron chi connectivity index (χ1n) is 8.24. The van der Waals surface area contributed by atoms with Crippen LogP contribution in [-0.4, -0.2) is 44.4 Å². The quantitative estimate of drug-likeness (QED) is 0.841. The molecule has 5 heteroatoms. The maximum absolute atomic E-state index is 12.6. The van der Waals surface area contributed by atoms with Crippen LogP contribution < -0.4 is 15.4 Å². The van der Waals surface area contributed by atoms with Crippen molar-refractivity contribution in [2.24, 2.45) is 0 Å². The summed E-state index contributed by atoms with van der Waals surface area (Å²) in [4.78, 5) is 12.6. The van der Waals surface area contributed by atoms with Crippen LogP contribution in [0.25, 0.3) is 0 Å². The van der Waals surface area contributed by atoms with E-state index in [0.717, 1.165) is 30.0 Å². The lowest BCUT2D eigenvalue weighted by atomic mass is 9.91. The number of hydrogen-bond acceptors (Lipinski definition) is 4. The molecule has 0 aliphatic carbocycles. The average molecular weight is 320 g/mol. The highest BCUT2D eigenvalue weighted by Gasteiger charge is 2.40. The smallest absolute Gasteiger partial charge is 0.252 e. The molecule has 0 saturated carbocycles. The van der Waals surface area contributed by atoms with E-state index in [1.807, 2.05) is 39.0 Å². The largest absolute Gasteiger partial charge is 0.491 e. The van der Waals surface area contributed by atoms with E-state index in [1.165, 1.54) is 0 Å². The van der Waals surface area contributed by atoms with Crippen LogP contribution in [0.3, 0.4) is 0 Å². The van der Waals surface area contributed by atoms with Crippen molar-refractivity contribution < 1.29 is 14.3 Å². The molecule has 1 fully saturated rings. The third-order valence-electron chi connectivity index (χ3n) is 4.48. The number of hydrogen-bond donors (Lipinski definition) is 2. The predicted octanol–water partition coefficient (Wildman–Crippen LogP) is 1.96. The number of para-hydroxylation sites is 1. The van der Waals surface area contributed by atoms with Gasteiger partial charge in [-0.3, -0.25) is 4.79 Å². The normalized spacial score (nSPS) is 18.3. The van der Waals surface area contributed by atoms with Gasteiger partial charge in [0.15, 0.2) is 0 Å². The Morgan fingerprint density at radius 3 is 2.48 bits per heavy atom. The molecule has 5 nitrogen and oxygen atoms in total. The molecule has 1 unspecified atom stereocenters. The van der Waals surface area contributed by atoms with E-state index in [2.05, 4.69) is 10.6 Å². The van der Waals surface area contributed by atoms with Gasteiger partial charge < -0.3 is 20.1 Å². The van der Waals surface area contributed by atoms with Crippen LogP contribution in [0.5, 0.6) is 5.75 Å². The summed E-state index contributed by atoms with van der Waals surface area (Å²) < 4.78 is 11.5. The van der Waals surface area contributed by atoms with Gasteiger partial charge in [0.05, 0.1) is 6.04 Å². The molecule has 1 heterocycles. The molecule has 1 aromatic carbocycles. The molecule has 0 spiro atoms. The Labute approximate surface area is 138 Å². The van der Waals surface area contributed by atoms with Crippen molar-refractivity contribution in [1.82, 2.24) is 10.6 Å². The topological polar surface area (TPSA) is 59.6 Å². The summed E-state index contributed by atoms with van der Waals surface area (Å²) in [6, 6.07) is 5.99. The summed E-state index contributed by atoms with van der Waals surface area (Å²) in [6.45, 7) is 8.05. The van der Waals surface area contributed by atoms with Gasteiger partial charge in [-0.2, -0.15) is 0 Å². The molecule has 1 atom stereocenters. The number of carbonyl (C=O) groups is 1. The first-order chi connectivity index (χ1) is 11.0. The van der Waals surface area contributed by atoms with Crippen molar-refractivity contribution in [3.8, 4) is 5.75 Å². The second kappa shape index (κ2) is 7.79. The predicted molar refractivity (Wildman–Crippen MR) is 90.9 cm³/mol. The third kappa shape index (κ3) is 4.24. The summed E-state index contributed by atoms with van der Waals surface area (Å²) >= 11 is 0. The number of methoxy groups -OCH3 is 1. The van der Waals surface area contributed by atoms with Crippen molar-refractivity contribution >= 4 is 5.91 Å². The zero-order valence-corrected chi connectivity index (χ0v) is 14.6. The summed E-state index contributed by atoms with van der Waals surface area (Å²) in [5.74, 6) is 0.857. The van der Waals surface area contributed by atoms with Gasteiger partial charge in [-0.05, 0) is 57.8 Å². The lowest BCUT2D eigenvalue weighted by molar-refractivity contribution is -0.147. The van der Waals surface area contributed by atoms with Crippen molar-refractivity contribution in [1.29, 1.82) is 0 Å². The Morgan fingerprint density at radius 2 is 1.91 bits per heavy atom. The minimum absolute atomic E-state index is 0.0425. The molecule has 1 saturated heterocycles. The van der Waals surface area contributed by atoms with E-state index in [4.69, 9.17) is 9.47 Å². The molecule has 23 heavy (non-hydrogen) atoms. The van der Waals surface area contributed by atoms with Crippen molar-refractivity contribution in [3.63, 3.8) is 0 Å². The van der Waals surface area contributed by atoms with Gasteiger partial charge in [0, 0.05) is 7.11 Å². The fourth-order valence-corrected chi connectivity index (χ4v) is 2.99. The molecular formula is C18H28N2O3. The lowest BCUT2D eigenvalue weighted by Gasteiger charge is -2.35. The molecule has 2 rings (SSSR count). The second-order valence-electron chi connectivity index (χ2n) is 6.35. The Bertz CT molecular complexity index is 519. The van der Waals surface area contributed by atoms with Gasteiger partial charge in [0.25, 0.3) is 5.91 Å². The van der Waals surface area contributed by atoms with Crippen LogP contribution in [0.1, 0.15) is 30.9 Å². The zero-order chi connectivity index (χ0) is 16.9. The van der Waals surface area contributed by atoms with E-state index in [9.17, 15) is 4.79 Å². The Balaban J connectivity index is 1.91. The minimum atomic E-state index is -0.710.